The number of aromatic nitrogens is 2. The minimum atomic E-state index is -4.54. The van der Waals surface area contributed by atoms with Crippen LogP contribution in [0.3, 0.4) is 0 Å². The van der Waals surface area contributed by atoms with Crippen LogP contribution in [-0.2, 0) is 17.5 Å². The van der Waals surface area contributed by atoms with E-state index in [4.69, 9.17) is 4.74 Å². The standard InChI is InChI=1S/C29H42F3N5O2/c1-18-13-33-34-27(18)26(21-5-3-6-21)22-7-4-8-23(12-22)36-17-25-24(29(30,31)32)11-20(16-37(25)28(36)38)15-35-9-10-39-19(2)14-35/h11,16-19,21-23,26-27,33-34H,3-10,12-15H2,1-2H3/t18?,19-,22+,23?,26?,27?/m1/s1. The van der Waals surface area contributed by atoms with Crippen LogP contribution in [0.1, 0.15) is 76.0 Å². The van der Waals surface area contributed by atoms with Crippen molar-refractivity contribution in [1.29, 1.82) is 0 Å². The SMILES string of the molecule is CC1CNNC1C(C1CCC1)[C@H]1CCCC(n2cc3c(C(F)(F)F)cc(CN4CCO[C@H](C)C4)cn3c2=O)C1. The lowest BCUT2D eigenvalue weighted by Gasteiger charge is -2.45. The Hall–Kier alpha value is -1.88. The normalized spacial score (nSPS) is 32.0. The Labute approximate surface area is 228 Å². The molecule has 2 aliphatic carbocycles. The van der Waals surface area contributed by atoms with Gasteiger partial charge >= 0.3 is 11.9 Å². The number of pyridine rings is 1. The van der Waals surface area contributed by atoms with Crippen LogP contribution in [0.15, 0.2) is 23.3 Å². The molecule has 2 aromatic rings. The van der Waals surface area contributed by atoms with Crippen LogP contribution < -0.4 is 16.5 Å². The van der Waals surface area contributed by atoms with Crippen molar-refractivity contribution in [3.8, 4) is 0 Å². The molecule has 2 aromatic heterocycles. The van der Waals surface area contributed by atoms with Crippen molar-refractivity contribution in [3.05, 3.63) is 40.1 Å². The van der Waals surface area contributed by atoms with Crippen LogP contribution in [0.4, 0.5) is 13.2 Å². The number of nitrogens with one attached hydrogen (secondary N) is 2. The average Bonchev–Trinajstić information content (AvgIpc) is 3.43. The Bertz CT molecular complexity index is 1220. The molecule has 4 fully saturated rings. The van der Waals surface area contributed by atoms with Gasteiger partial charge in [-0.05, 0) is 61.5 Å². The first-order valence-electron chi connectivity index (χ1n) is 14.8. The minimum absolute atomic E-state index is 0.0367. The summed E-state index contributed by atoms with van der Waals surface area (Å²) < 4.78 is 51.2. The van der Waals surface area contributed by atoms with E-state index < -0.39 is 11.7 Å². The number of hydrogen-bond acceptors (Lipinski definition) is 5. The number of hydrazine groups is 1. The molecule has 6 rings (SSSR count). The third-order valence-corrected chi connectivity index (χ3v) is 9.92. The van der Waals surface area contributed by atoms with E-state index in [1.54, 1.807) is 10.8 Å². The van der Waals surface area contributed by atoms with Gasteiger partial charge in [-0.2, -0.15) is 13.2 Å². The quantitative estimate of drug-likeness (QED) is 0.552. The third-order valence-electron chi connectivity index (χ3n) is 9.92. The lowest BCUT2D eigenvalue weighted by Crippen LogP contribution is -2.47. The molecule has 216 valence electrons. The molecule has 0 bridgehead atoms. The Kier molecular flexibility index (Phi) is 7.58. The maximum absolute atomic E-state index is 14.3. The number of ether oxygens (including phenoxy) is 1. The maximum atomic E-state index is 14.3. The monoisotopic (exact) mass is 549 g/mol. The molecule has 39 heavy (non-hydrogen) atoms. The van der Waals surface area contributed by atoms with Crippen molar-refractivity contribution in [1.82, 2.24) is 24.7 Å². The summed E-state index contributed by atoms with van der Waals surface area (Å²) in [6, 6.07) is 1.56. The highest BCUT2D eigenvalue weighted by Crippen LogP contribution is 2.47. The number of alkyl halides is 3. The van der Waals surface area contributed by atoms with Crippen molar-refractivity contribution in [2.45, 2.75) is 89.7 Å². The van der Waals surface area contributed by atoms with Crippen molar-refractivity contribution in [3.63, 3.8) is 0 Å². The molecule has 2 N–H and O–H groups in total. The second kappa shape index (κ2) is 10.8. The molecule has 4 heterocycles. The smallest absolute Gasteiger partial charge is 0.376 e. The van der Waals surface area contributed by atoms with E-state index >= 15 is 0 Å². The van der Waals surface area contributed by atoms with Gasteiger partial charge < -0.3 is 4.74 Å². The zero-order chi connectivity index (χ0) is 27.3. The molecule has 4 unspecified atom stereocenters. The summed E-state index contributed by atoms with van der Waals surface area (Å²) in [5.74, 6) is 2.23. The zero-order valence-corrected chi connectivity index (χ0v) is 23.1. The molecular formula is C29H42F3N5O2. The van der Waals surface area contributed by atoms with Crippen molar-refractivity contribution >= 4 is 5.52 Å². The topological polar surface area (TPSA) is 62.9 Å². The molecule has 2 saturated heterocycles. The highest BCUT2D eigenvalue weighted by atomic mass is 19.4. The molecule has 0 spiro atoms. The van der Waals surface area contributed by atoms with Crippen LogP contribution in [0.5, 0.6) is 0 Å². The maximum Gasteiger partial charge on any atom is 0.418 e. The van der Waals surface area contributed by atoms with Gasteiger partial charge in [0.25, 0.3) is 0 Å². The lowest BCUT2D eigenvalue weighted by molar-refractivity contribution is -0.136. The summed E-state index contributed by atoms with van der Waals surface area (Å²) in [6.07, 6.45) is 6.19. The van der Waals surface area contributed by atoms with Crippen molar-refractivity contribution in [2.24, 2.45) is 23.7 Å². The zero-order valence-electron chi connectivity index (χ0n) is 23.1. The van der Waals surface area contributed by atoms with Crippen LogP contribution in [0.25, 0.3) is 5.52 Å². The van der Waals surface area contributed by atoms with Gasteiger partial charge in [0.15, 0.2) is 0 Å². The number of rotatable bonds is 6. The predicted octanol–water partition coefficient (Wildman–Crippen LogP) is 4.60. The number of imidazole rings is 1. The molecule has 6 atom stereocenters. The average molecular weight is 550 g/mol. The summed E-state index contributed by atoms with van der Waals surface area (Å²) >= 11 is 0. The highest BCUT2D eigenvalue weighted by Gasteiger charge is 2.44. The van der Waals surface area contributed by atoms with Gasteiger partial charge in [-0.25, -0.2) is 4.79 Å². The van der Waals surface area contributed by atoms with Crippen LogP contribution in [0, 0.1) is 23.7 Å². The number of halogens is 3. The Morgan fingerprint density at radius 1 is 1.10 bits per heavy atom. The minimum Gasteiger partial charge on any atom is -0.376 e. The third kappa shape index (κ3) is 5.42. The van der Waals surface area contributed by atoms with E-state index in [9.17, 15) is 18.0 Å². The molecule has 2 aliphatic heterocycles. The van der Waals surface area contributed by atoms with E-state index in [0.717, 1.165) is 32.2 Å². The van der Waals surface area contributed by atoms with Gasteiger partial charge in [0.2, 0.25) is 0 Å². The van der Waals surface area contributed by atoms with E-state index in [1.807, 2.05) is 6.92 Å². The van der Waals surface area contributed by atoms with Crippen molar-refractivity contribution < 1.29 is 17.9 Å². The number of hydrogen-bond donors (Lipinski definition) is 2. The van der Waals surface area contributed by atoms with Crippen LogP contribution in [-0.4, -0.2) is 52.3 Å². The van der Waals surface area contributed by atoms with E-state index in [0.29, 0.717) is 61.5 Å². The molecule has 0 aromatic carbocycles. The second-order valence-electron chi connectivity index (χ2n) is 12.6. The summed E-state index contributed by atoms with van der Waals surface area (Å²) in [5.41, 5.74) is 6.27. The highest BCUT2D eigenvalue weighted by molar-refractivity contribution is 5.56. The Balaban J connectivity index is 1.31. The fourth-order valence-corrected chi connectivity index (χ4v) is 7.81. The first-order valence-corrected chi connectivity index (χ1v) is 14.8. The van der Waals surface area contributed by atoms with Crippen LogP contribution >= 0.6 is 0 Å². The van der Waals surface area contributed by atoms with E-state index in [-0.39, 0.29) is 23.4 Å². The molecule has 0 amide bonds. The second-order valence-corrected chi connectivity index (χ2v) is 12.6. The molecule has 2 saturated carbocycles. The number of fused-ring (bicyclic) bond motifs is 1. The molecule has 7 nitrogen and oxygen atoms in total. The summed E-state index contributed by atoms with van der Waals surface area (Å²) in [7, 11) is 0. The first-order chi connectivity index (χ1) is 18.7. The van der Waals surface area contributed by atoms with E-state index in [2.05, 4.69) is 22.7 Å². The molecule has 10 heteroatoms. The van der Waals surface area contributed by atoms with Crippen LogP contribution in [0.2, 0.25) is 0 Å². The fourth-order valence-electron chi connectivity index (χ4n) is 7.81. The summed E-state index contributed by atoms with van der Waals surface area (Å²) in [5, 5.41) is 0. The van der Waals surface area contributed by atoms with Gasteiger partial charge in [-0.1, -0.05) is 32.6 Å². The lowest BCUT2D eigenvalue weighted by atomic mass is 9.62. The largest absolute Gasteiger partial charge is 0.418 e. The Morgan fingerprint density at radius 2 is 1.87 bits per heavy atom. The van der Waals surface area contributed by atoms with Gasteiger partial charge in [-0.15, -0.1) is 0 Å². The van der Waals surface area contributed by atoms with Gasteiger partial charge in [0.1, 0.15) is 0 Å². The fraction of sp³-hybridized carbons (Fsp3) is 0.759. The Morgan fingerprint density at radius 3 is 2.54 bits per heavy atom. The molecule has 4 aliphatic rings. The first kappa shape index (κ1) is 27.3. The van der Waals surface area contributed by atoms with Crippen molar-refractivity contribution in [2.75, 3.05) is 26.2 Å². The summed E-state index contributed by atoms with van der Waals surface area (Å²) in [6.45, 7) is 7.46. The van der Waals surface area contributed by atoms with Gasteiger partial charge in [0, 0.05) is 50.7 Å². The summed E-state index contributed by atoms with van der Waals surface area (Å²) in [4.78, 5) is 15.8. The number of morpholine rings is 1. The number of nitrogens with zero attached hydrogens (tertiary/aromatic N) is 3. The van der Waals surface area contributed by atoms with Gasteiger partial charge in [-0.3, -0.25) is 24.7 Å². The molecule has 0 radical (unpaired) electrons. The van der Waals surface area contributed by atoms with E-state index in [1.165, 1.54) is 35.9 Å². The van der Waals surface area contributed by atoms with Gasteiger partial charge in [0.05, 0.1) is 23.8 Å². The predicted molar refractivity (Wildman–Crippen MR) is 143 cm³/mol. The molecular weight excluding hydrogens is 507 g/mol.